The molecule has 0 aromatic carbocycles. The number of nitrogens with zero attached hydrogens (tertiary/aromatic N) is 1. The summed E-state index contributed by atoms with van der Waals surface area (Å²) in [5.74, 6) is -5.40. The molecule has 0 aliphatic heterocycles. The number of carbonyl (C=O) groups is 5. The maximum atomic E-state index is 13.2. The van der Waals surface area contributed by atoms with Crippen molar-refractivity contribution in [3.8, 4) is 0 Å². The maximum Gasteiger partial charge on any atom is 0.326 e. The Morgan fingerprint density at radius 2 is 1.35 bits per heavy atom. The highest BCUT2D eigenvalue weighted by molar-refractivity contribution is 5.94. The van der Waals surface area contributed by atoms with Gasteiger partial charge in [-0.2, -0.15) is 0 Å². The lowest BCUT2D eigenvalue weighted by Crippen LogP contribution is -2.59. The summed E-state index contributed by atoms with van der Waals surface area (Å²) in [6.07, 6.45) is 0.945. The average molecular weight is 530 g/mol. The number of aliphatic imine (C=N–C) groups is 1. The number of amides is 3. The normalized spacial score (nSPS) is 15.7. The Labute approximate surface area is 217 Å². The summed E-state index contributed by atoms with van der Waals surface area (Å²) in [6, 6.07) is -4.55. The Hall–Kier alpha value is -3.42. The van der Waals surface area contributed by atoms with Crippen LogP contribution < -0.4 is 33.2 Å². The number of nitrogens with one attached hydrogen (secondary N) is 3. The second-order valence-corrected chi connectivity index (χ2v) is 9.13. The Bertz CT molecular complexity index is 817. The van der Waals surface area contributed by atoms with Gasteiger partial charge >= 0.3 is 11.9 Å². The van der Waals surface area contributed by atoms with Crippen LogP contribution in [0, 0.1) is 11.8 Å². The van der Waals surface area contributed by atoms with Crippen molar-refractivity contribution in [2.24, 2.45) is 34.0 Å². The highest BCUT2D eigenvalue weighted by Gasteiger charge is 2.33. The number of guanidine groups is 1. The molecule has 0 fully saturated rings. The molecule has 0 saturated carbocycles. The Kier molecular flexibility index (Phi) is 15.5. The van der Waals surface area contributed by atoms with Gasteiger partial charge in [-0.1, -0.05) is 40.5 Å². The van der Waals surface area contributed by atoms with Gasteiger partial charge in [0.25, 0.3) is 0 Å². The fourth-order valence-corrected chi connectivity index (χ4v) is 3.35. The minimum absolute atomic E-state index is 0.0770. The first kappa shape index (κ1) is 33.6. The van der Waals surface area contributed by atoms with E-state index in [1.165, 1.54) is 0 Å². The zero-order valence-corrected chi connectivity index (χ0v) is 22.0. The van der Waals surface area contributed by atoms with Crippen molar-refractivity contribution in [2.75, 3.05) is 6.54 Å². The molecule has 37 heavy (non-hydrogen) atoms. The van der Waals surface area contributed by atoms with Crippen LogP contribution in [-0.2, 0) is 24.0 Å². The van der Waals surface area contributed by atoms with Gasteiger partial charge in [0.1, 0.15) is 18.1 Å². The largest absolute Gasteiger partial charge is 0.481 e. The van der Waals surface area contributed by atoms with Crippen molar-refractivity contribution in [2.45, 2.75) is 90.4 Å². The molecule has 0 aliphatic rings. The van der Waals surface area contributed by atoms with Crippen LogP contribution in [0.4, 0.5) is 0 Å². The molecule has 0 spiro atoms. The SMILES string of the molecule is CCC(C)C(NC(=O)C(CCC(=O)O)NC(=O)C(NC(=O)C(N)CCCN=C(N)N)C(C)CC)C(=O)O. The molecule has 14 heteroatoms. The first-order valence-electron chi connectivity index (χ1n) is 12.4. The minimum atomic E-state index is -1.33. The fourth-order valence-electron chi connectivity index (χ4n) is 3.35. The smallest absolute Gasteiger partial charge is 0.326 e. The van der Waals surface area contributed by atoms with Crippen LogP contribution in [0.2, 0.25) is 0 Å². The van der Waals surface area contributed by atoms with Crippen LogP contribution in [0.3, 0.4) is 0 Å². The predicted octanol–water partition coefficient (Wildman–Crippen LogP) is -1.14. The molecule has 6 unspecified atom stereocenters. The summed E-state index contributed by atoms with van der Waals surface area (Å²) in [7, 11) is 0. The lowest BCUT2D eigenvalue weighted by Gasteiger charge is -2.28. The third-order valence-corrected chi connectivity index (χ3v) is 6.15. The standard InChI is InChI=1S/C23H43N7O7/c1-5-12(3)17(29-19(33)14(24)8-7-11-27-23(25)26)21(35)28-15(9-10-16(31)32)20(34)30-18(22(36)37)13(4)6-2/h12-15,17-18H,5-11,24H2,1-4H3,(H,28,35)(H,29,33)(H,30,34)(H,31,32)(H,36,37)(H4,25,26,27). The molecule has 0 saturated heterocycles. The summed E-state index contributed by atoms with van der Waals surface area (Å²) >= 11 is 0. The van der Waals surface area contributed by atoms with E-state index in [1.54, 1.807) is 20.8 Å². The van der Waals surface area contributed by atoms with Crippen molar-refractivity contribution in [1.29, 1.82) is 0 Å². The van der Waals surface area contributed by atoms with E-state index in [2.05, 4.69) is 20.9 Å². The molecule has 0 bridgehead atoms. The molecule has 0 rings (SSSR count). The fraction of sp³-hybridized carbons (Fsp3) is 0.739. The van der Waals surface area contributed by atoms with E-state index in [0.29, 0.717) is 19.3 Å². The van der Waals surface area contributed by atoms with Gasteiger partial charge < -0.3 is 43.4 Å². The van der Waals surface area contributed by atoms with Crippen LogP contribution >= 0.6 is 0 Å². The van der Waals surface area contributed by atoms with Crippen LogP contribution in [-0.4, -0.2) is 76.5 Å². The number of carbonyl (C=O) groups excluding carboxylic acids is 3. The molecule has 11 N–H and O–H groups in total. The molecule has 0 heterocycles. The van der Waals surface area contributed by atoms with Crippen molar-refractivity contribution >= 4 is 35.6 Å². The average Bonchev–Trinajstić information content (AvgIpc) is 2.83. The van der Waals surface area contributed by atoms with Gasteiger partial charge in [0.15, 0.2) is 5.96 Å². The minimum Gasteiger partial charge on any atom is -0.481 e. The van der Waals surface area contributed by atoms with Gasteiger partial charge in [0.05, 0.1) is 6.04 Å². The lowest BCUT2D eigenvalue weighted by atomic mass is 9.96. The van der Waals surface area contributed by atoms with E-state index in [4.69, 9.17) is 22.3 Å². The number of hydrogen-bond donors (Lipinski definition) is 8. The van der Waals surface area contributed by atoms with Gasteiger partial charge in [0.2, 0.25) is 17.7 Å². The Balaban J connectivity index is 5.56. The molecule has 3 amide bonds. The van der Waals surface area contributed by atoms with Crippen LogP contribution in [0.25, 0.3) is 0 Å². The van der Waals surface area contributed by atoms with E-state index in [1.807, 2.05) is 6.92 Å². The van der Waals surface area contributed by atoms with Gasteiger partial charge in [-0.3, -0.25) is 24.2 Å². The van der Waals surface area contributed by atoms with E-state index in [9.17, 15) is 29.1 Å². The molecule has 6 atom stereocenters. The lowest BCUT2D eigenvalue weighted by molar-refractivity contribution is -0.144. The molecular weight excluding hydrogens is 486 g/mol. The number of hydrogen-bond acceptors (Lipinski definition) is 7. The quantitative estimate of drug-likeness (QED) is 0.0601. The van der Waals surface area contributed by atoms with E-state index < -0.39 is 66.2 Å². The summed E-state index contributed by atoms with van der Waals surface area (Å²) in [5, 5.41) is 26.0. The maximum absolute atomic E-state index is 13.2. The zero-order chi connectivity index (χ0) is 28.7. The van der Waals surface area contributed by atoms with E-state index in [0.717, 1.165) is 0 Å². The van der Waals surface area contributed by atoms with Crippen molar-refractivity contribution < 1.29 is 34.2 Å². The summed E-state index contributed by atoms with van der Waals surface area (Å²) in [5.41, 5.74) is 16.5. The summed E-state index contributed by atoms with van der Waals surface area (Å²) in [4.78, 5) is 65.2. The van der Waals surface area contributed by atoms with Gasteiger partial charge in [-0.05, 0) is 31.1 Å². The number of rotatable bonds is 18. The Morgan fingerprint density at radius 3 is 1.84 bits per heavy atom. The second kappa shape index (κ2) is 17.1. The van der Waals surface area contributed by atoms with Crippen LogP contribution in [0.5, 0.6) is 0 Å². The third kappa shape index (κ3) is 12.9. The van der Waals surface area contributed by atoms with Crippen molar-refractivity contribution in [1.82, 2.24) is 16.0 Å². The van der Waals surface area contributed by atoms with Gasteiger partial charge in [0, 0.05) is 13.0 Å². The first-order chi connectivity index (χ1) is 17.2. The third-order valence-electron chi connectivity index (χ3n) is 6.15. The summed E-state index contributed by atoms with van der Waals surface area (Å²) < 4.78 is 0. The number of aliphatic carboxylic acids is 2. The van der Waals surface area contributed by atoms with Crippen molar-refractivity contribution in [3.05, 3.63) is 0 Å². The highest BCUT2D eigenvalue weighted by Crippen LogP contribution is 2.12. The Morgan fingerprint density at radius 1 is 0.811 bits per heavy atom. The first-order valence-corrected chi connectivity index (χ1v) is 12.4. The predicted molar refractivity (Wildman–Crippen MR) is 137 cm³/mol. The van der Waals surface area contributed by atoms with Crippen LogP contribution in [0.15, 0.2) is 4.99 Å². The van der Waals surface area contributed by atoms with Gasteiger partial charge in [-0.25, -0.2) is 4.79 Å². The monoisotopic (exact) mass is 529 g/mol. The van der Waals surface area contributed by atoms with E-state index >= 15 is 0 Å². The molecule has 212 valence electrons. The molecule has 0 aliphatic carbocycles. The number of carboxylic acids is 2. The topological polar surface area (TPSA) is 252 Å². The van der Waals surface area contributed by atoms with Gasteiger partial charge in [-0.15, -0.1) is 0 Å². The van der Waals surface area contributed by atoms with Crippen molar-refractivity contribution in [3.63, 3.8) is 0 Å². The molecule has 0 aromatic heterocycles. The number of carboxylic acid groups (broad SMARTS) is 2. The number of nitrogens with two attached hydrogens (primary N) is 3. The second-order valence-electron chi connectivity index (χ2n) is 9.13. The molecular formula is C23H43N7O7. The molecule has 14 nitrogen and oxygen atoms in total. The highest BCUT2D eigenvalue weighted by atomic mass is 16.4. The summed E-state index contributed by atoms with van der Waals surface area (Å²) in [6.45, 7) is 7.24. The molecule has 0 radical (unpaired) electrons. The molecule has 0 aromatic rings. The van der Waals surface area contributed by atoms with E-state index in [-0.39, 0.29) is 31.3 Å². The zero-order valence-electron chi connectivity index (χ0n) is 22.0. The van der Waals surface area contributed by atoms with Crippen LogP contribution in [0.1, 0.15) is 66.2 Å².